The quantitative estimate of drug-likeness (QED) is 0.465. The van der Waals surface area contributed by atoms with Crippen LogP contribution >= 0.6 is 24.0 Å². The van der Waals surface area contributed by atoms with Gasteiger partial charge >= 0.3 is 0 Å². The van der Waals surface area contributed by atoms with Crippen LogP contribution in [0.4, 0.5) is 0 Å². The van der Waals surface area contributed by atoms with E-state index in [4.69, 9.17) is 10.5 Å². The topological polar surface area (TPSA) is 59.6 Å². The van der Waals surface area contributed by atoms with Crippen molar-refractivity contribution in [3.05, 3.63) is 65.7 Å². The molecule has 0 amide bonds. The maximum Gasteiger partial charge on any atom is 0.189 e. The number of benzene rings is 2. The fourth-order valence-corrected chi connectivity index (χ4v) is 2.48. The number of nitrogens with one attached hydrogen (secondary N) is 1. The van der Waals surface area contributed by atoms with Gasteiger partial charge in [-0.05, 0) is 11.6 Å². The molecule has 3 rings (SSSR count). The minimum atomic E-state index is 0. The van der Waals surface area contributed by atoms with Crippen LogP contribution in [0, 0.1) is 0 Å². The lowest BCUT2D eigenvalue weighted by Gasteiger charge is -2.26. The molecule has 2 aromatic rings. The zero-order chi connectivity index (χ0) is 14.5. The average molecular weight is 409 g/mol. The number of nitrogens with zero attached hydrogens (tertiary/aromatic N) is 1. The van der Waals surface area contributed by atoms with E-state index in [1.54, 1.807) is 0 Å². The first-order valence-electron chi connectivity index (χ1n) is 7.15. The summed E-state index contributed by atoms with van der Waals surface area (Å²) in [5.41, 5.74) is 8.30. The predicted molar refractivity (Wildman–Crippen MR) is 99.6 cm³/mol. The molecule has 0 saturated carbocycles. The molecule has 0 aliphatic carbocycles. The number of rotatable bonds is 3. The molecule has 2 aromatic carbocycles. The monoisotopic (exact) mass is 409 g/mol. The summed E-state index contributed by atoms with van der Waals surface area (Å²) in [7, 11) is 0. The van der Waals surface area contributed by atoms with Gasteiger partial charge in [-0.1, -0.05) is 48.5 Å². The lowest BCUT2D eigenvalue weighted by Crippen LogP contribution is -2.37. The molecule has 0 fully saturated rings. The summed E-state index contributed by atoms with van der Waals surface area (Å²) in [5.74, 6) is 1.40. The van der Waals surface area contributed by atoms with E-state index in [1.165, 1.54) is 0 Å². The molecular formula is C17H20IN3O. The van der Waals surface area contributed by atoms with Crippen LogP contribution in [0.15, 0.2) is 59.6 Å². The molecular weight excluding hydrogens is 389 g/mol. The minimum Gasteiger partial charge on any atom is -0.493 e. The van der Waals surface area contributed by atoms with Crippen molar-refractivity contribution >= 4 is 29.9 Å². The second-order valence-electron chi connectivity index (χ2n) is 5.06. The van der Waals surface area contributed by atoms with Gasteiger partial charge in [-0.3, -0.25) is 0 Å². The van der Waals surface area contributed by atoms with E-state index in [1.807, 2.05) is 48.5 Å². The van der Waals surface area contributed by atoms with E-state index < -0.39 is 0 Å². The number of nitrogens with two attached hydrogens (primary N) is 1. The Morgan fingerprint density at radius 3 is 2.68 bits per heavy atom. The maximum absolute atomic E-state index is 6.01. The molecule has 3 N–H and O–H groups in total. The highest BCUT2D eigenvalue weighted by Gasteiger charge is 2.21. The van der Waals surface area contributed by atoms with Crippen molar-refractivity contribution in [1.29, 1.82) is 0 Å². The third-order valence-corrected chi connectivity index (χ3v) is 3.56. The van der Waals surface area contributed by atoms with E-state index >= 15 is 0 Å². The number of hydrogen-bond acceptors (Lipinski definition) is 2. The van der Waals surface area contributed by atoms with Gasteiger partial charge in [0, 0.05) is 12.0 Å². The van der Waals surface area contributed by atoms with Gasteiger partial charge < -0.3 is 15.8 Å². The fraction of sp³-hybridized carbons (Fsp3) is 0.235. The molecule has 22 heavy (non-hydrogen) atoms. The predicted octanol–water partition coefficient (Wildman–Crippen LogP) is 3.23. The Bertz CT molecular complexity index is 631. The van der Waals surface area contributed by atoms with Crippen LogP contribution < -0.4 is 15.8 Å². The third kappa shape index (κ3) is 4.13. The number of fused-ring (bicyclic) bond motifs is 1. The van der Waals surface area contributed by atoms with Gasteiger partial charge in [0.2, 0.25) is 0 Å². The Balaban J connectivity index is 0.00000176. The van der Waals surface area contributed by atoms with Crippen LogP contribution in [0.3, 0.4) is 0 Å². The van der Waals surface area contributed by atoms with Gasteiger partial charge in [0.05, 0.1) is 19.2 Å². The van der Waals surface area contributed by atoms with Gasteiger partial charge in [-0.25, -0.2) is 4.99 Å². The number of aliphatic imine (C=N–C) groups is 1. The van der Waals surface area contributed by atoms with Gasteiger partial charge in [0.15, 0.2) is 5.96 Å². The Kier molecular flexibility index (Phi) is 6.06. The first kappa shape index (κ1) is 16.6. The highest BCUT2D eigenvalue weighted by Crippen LogP contribution is 2.31. The van der Waals surface area contributed by atoms with Gasteiger partial charge in [0.1, 0.15) is 5.75 Å². The molecule has 1 unspecified atom stereocenters. The third-order valence-electron chi connectivity index (χ3n) is 3.56. The zero-order valence-corrected chi connectivity index (χ0v) is 14.6. The molecule has 4 nitrogen and oxygen atoms in total. The molecule has 0 saturated heterocycles. The molecule has 1 atom stereocenters. The molecule has 0 radical (unpaired) electrons. The SMILES string of the molecule is I.NC(=NCc1ccccc1)NC1CCOc2ccccc21. The minimum absolute atomic E-state index is 0. The Morgan fingerprint density at radius 2 is 1.86 bits per heavy atom. The van der Waals surface area contributed by atoms with Crippen LogP contribution in [0.25, 0.3) is 0 Å². The summed E-state index contributed by atoms with van der Waals surface area (Å²) in [4.78, 5) is 4.40. The largest absolute Gasteiger partial charge is 0.493 e. The Labute approximate surface area is 147 Å². The van der Waals surface area contributed by atoms with Gasteiger partial charge in [-0.2, -0.15) is 0 Å². The first-order chi connectivity index (χ1) is 10.3. The highest BCUT2D eigenvalue weighted by molar-refractivity contribution is 14.0. The van der Waals surface area contributed by atoms with E-state index in [9.17, 15) is 0 Å². The van der Waals surface area contributed by atoms with E-state index in [0.29, 0.717) is 19.1 Å². The van der Waals surface area contributed by atoms with Crippen LogP contribution in [0.2, 0.25) is 0 Å². The summed E-state index contributed by atoms with van der Waals surface area (Å²) in [6.45, 7) is 1.28. The number of para-hydroxylation sites is 1. The van der Waals surface area contributed by atoms with E-state index in [-0.39, 0.29) is 30.0 Å². The molecule has 5 heteroatoms. The molecule has 0 bridgehead atoms. The molecule has 1 heterocycles. The fourth-order valence-electron chi connectivity index (χ4n) is 2.48. The van der Waals surface area contributed by atoms with E-state index in [0.717, 1.165) is 23.3 Å². The lowest BCUT2D eigenvalue weighted by atomic mass is 10.0. The number of halogens is 1. The van der Waals surface area contributed by atoms with Crippen molar-refractivity contribution in [1.82, 2.24) is 5.32 Å². The Hall–Kier alpha value is -1.76. The van der Waals surface area contributed by atoms with Crippen molar-refractivity contribution in [2.75, 3.05) is 6.61 Å². The van der Waals surface area contributed by atoms with Gasteiger partial charge in [0.25, 0.3) is 0 Å². The van der Waals surface area contributed by atoms with Crippen LogP contribution in [-0.4, -0.2) is 12.6 Å². The second-order valence-corrected chi connectivity index (χ2v) is 5.06. The van der Waals surface area contributed by atoms with Crippen molar-refractivity contribution in [2.45, 2.75) is 19.0 Å². The summed E-state index contributed by atoms with van der Waals surface area (Å²) < 4.78 is 5.64. The van der Waals surface area contributed by atoms with Crippen LogP contribution in [0.5, 0.6) is 5.75 Å². The van der Waals surface area contributed by atoms with E-state index in [2.05, 4.69) is 16.4 Å². The maximum atomic E-state index is 6.01. The molecule has 0 aromatic heterocycles. The first-order valence-corrected chi connectivity index (χ1v) is 7.15. The molecule has 0 spiro atoms. The number of guanidine groups is 1. The lowest BCUT2D eigenvalue weighted by molar-refractivity contribution is 0.262. The molecule has 116 valence electrons. The normalized spacial score (nSPS) is 16.9. The van der Waals surface area contributed by atoms with Crippen LogP contribution in [0.1, 0.15) is 23.6 Å². The highest BCUT2D eigenvalue weighted by atomic mass is 127. The summed E-state index contributed by atoms with van der Waals surface area (Å²) in [6, 6.07) is 18.3. The second kappa shape index (κ2) is 8.03. The van der Waals surface area contributed by atoms with Crippen molar-refractivity contribution in [3.8, 4) is 5.75 Å². The van der Waals surface area contributed by atoms with Crippen molar-refractivity contribution in [3.63, 3.8) is 0 Å². The summed E-state index contributed by atoms with van der Waals surface area (Å²) >= 11 is 0. The van der Waals surface area contributed by atoms with Crippen LogP contribution in [-0.2, 0) is 6.54 Å². The van der Waals surface area contributed by atoms with Crippen molar-refractivity contribution in [2.24, 2.45) is 10.7 Å². The van der Waals surface area contributed by atoms with Gasteiger partial charge in [-0.15, -0.1) is 24.0 Å². The Morgan fingerprint density at radius 1 is 1.14 bits per heavy atom. The standard InChI is InChI=1S/C17H19N3O.HI/c18-17(19-12-13-6-2-1-3-7-13)20-15-10-11-21-16-9-5-4-8-14(15)16;/h1-9,15H,10-12H2,(H3,18,19,20);1H. The summed E-state index contributed by atoms with van der Waals surface area (Å²) in [6.07, 6.45) is 0.887. The molecule has 1 aliphatic rings. The zero-order valence-electron chi connectivity index (χ0n) is 12.2. The smallest absolute Gasteiger partial charge is 0.189 e. The number of ether oxygens (including phenoxy) is 1. The average Bonchev–Trinajstić information content (AvgIpc) is 2.54. The molecule has 1 aliphatic heterocycles. The van der Waals surface area contributed by atoms with Crippen molar-refractivity contribution < 1.29 is 4.74 Å². The number of hydrogen-bond donors (Lipinski definition) is 2. The summed E-state index contributed by atoms with van der Waals surface area (Å²) in [5, 5.41) is 3.29.